The molecule has 0 fully saturated rings. The molecule has 6 nitrogen and oxygen atoms in total. The Bertz CT molecular complexity index is 1190. The maximum atomic E-state index is 13.2. The molecular formula is C24H24N2O4S. The predicted octanol–water partition coefficient (Wildman–Crippen LogP) is 4.02. The van der Waals surface area contributed by atoms with Crippen LogP contribution in [0.2, 0.25) is 0 Å². The van der Waals surface area contributed by atoms with Crippen molar-refractivity contribution in [2.75, 3.05) is 23.3 Å². The van der Waals surface area contributed by atoms with E-state index in [1.54, 1.807) is 43.5 Å². The van der Waals surface area contributed by atoms with E-state index in [-0.39, 0.29) is 17.2 Å². The second-order valence-corrected chi connectivity index (χ2v) is 9.28. The number of carbonyl (C=O) groups excluding carboxylic acids is 1. The van der Waals surface area contributed by atoms with E-state index >= 15 is 0 Å². The number of methoxy groups -OCH3 is 1. The van der Waals surface area contributed by atoms with E-state index < -0.39 is 10.0 Å². The van der Waals surface area contributed by atoms with Crippen LogP contribution in [0.5, 0.6) is 5.75 Å². The first-order valence-corrected chi connectivity index (χ1v) is 11.5. The summed E-state index contributed by atoms with van der Waals surface area (Å²) >= 11 is 0. The average molecular weight is 437 g/mol. The molecule has 1 amide bonds. The predicted molar refractivity (Wildman–Crippen MR) is 121 cm³/mol. The summed E-state index contributed by atoms with van der Waals surface area (Å²) in [5.74, 6) is 0.516. The van der Waals surface area contributed by atoms with Crippen LogP contribution in [0.15, 0.2) is 77.7 Å². The van der Waals surface area contributed by atoms with Gasteiger partial charge in [-0.25, -0.2) is 8.42 Å². The van der Waals surface area contributed by atoms with Gasteiger partial charge in [0.15, 0.2) is 0 Å². The SMILES string of the molecule is COc1cccc(CC(=O)Nc2ccc3c(c2)N(S(=O)(=O)c2ccccc2)CCC3)c1. The highest BCUT2D eigenvalue weighted by atomic mass is 32.2. The van der Waals surface area contributed by atoms with Crippen LogP contribution in [0.1, 0.15) is 17.5 Å². The molecule has 0 saturated carbocycles. The van der Waals surface area contributed by atoms with Crippen LogP contribution in [0, 0.1) is 0 Å². The Morgan fingerprint density at radius 3 is 2.61 bits per heavy atom. The molecule has 31 heavy (non-hydrogen) atoms. The first kappa shape index (κ1) is 20.9. The number of nitrogens with zero attached hydrogens (tertiary/aromatic N) is 1. The summed E-state index contributed by atoms with van der Waals surface area (Å²) < 4.78 is 33.1. The van der Waals surface area contributed by atoms with Gasteiger partial charge in [0.05, 0.1) is 24.1 Å². The van der Waals surface area contributed by atoms with Gasteiger partial charge >= 0.3 is 0 Å². The van der Waals surface area contributed by atoms with Gasteiger partial charge in [0.1, 0.15) is 5.75 Å². The second kappa shape index (κ2) is 8.81. The van der Waals surface area contributed by atoms with Gasteiger partial charge in [-0.3, -0.25) is 9.10 Å². The molecule has 3 aromatic carbocycles. The number of ether oxygens (including phenoxy) is 1. The zero-order valence-corrected chi connectivity index (χ0v) is 18.1. The van der Waals surface area contributed by atoms with E-state index in [0.717, 1.165) is 24.0 Å². The normalized spacial score (nSPS) is 13.4. The lowest BCUT2D eigenvalue weighted by Gasteiger charge is -2.31. The molecule has 0 spiro atoms. The lowest BCUT2D eigenvalue weighted by molar-refractivity contribution is -0.115. The Morgan fingerprint density at radius 2 is 1.84 bits per heavy atom. The number of hydrogen-bond donors (Lipinski definition) is 1. The topological polar surface area (TPSA) is 75.7 Å². The molecule has 0 aliphatic carbocycles. The number of nitrogens with one attached hydrogen (secondary N) is 1. The van der Waals surface area contributed by atoms with Gasteiger partial charge in [0.2, 0.25) is 5.91 Å². The summed E-state index contributed by atoms with van der Waals surface area (Å²) in [7, 11) is -2.09. The standard InChI is InChI=1S/C24H24N2O4S/c1-30-21-9-5-7-18(15-21)16-24(27)25-20-13-12-19-8-6-14-26(23(19)17-20)31(28,29)22-10-3-2-4-11-22/h2-5,7,9-13,15,17H,6,8,14,16H2,1H3,(H,25,27). The van der Waals surface area contributed by atoms with Gasteiger partial charge in [-0.2, -0.15) is 0 Å². The Morgan fingerprint density at radius 1 is 1.03 bits per heavy atom. The minimum Gasteiger partial charge on any atom is -0.497 e. The maximum Gasteiger partial charge on any atom is 0.264 e. The van der Waals surface area contributed by atoms with Crippen LogP contribution in [-0.2, 0) is 27.7 Å². The van der Waals surface area contributed by atoms with Crippen LogP contribution in [0.25, 0.3) is 0 Å². The van der Waals surface area contributed by atoms with Crippen LogP contribution < -0.4 is 14.4 Å². The van der Waals surface area contributed by atoms with Crippen LogP contribution in [-0.4, -0.2) is 28.0 Å². The van der Waals surface area contributed by atoms with E-state index in [1.807, 2.05) is 36.4 Å². The van der Waals surface area contributed by atoms with Crippen molar-refractivity contribution in [3.8, 4) is 5.75 Å². The Balaban J connectivity index is 1.57. The number of benzene rings is 3. The van der Waals surface area contributed by atoms with Crippen molar-refractivity contribution in [1.29, 1.82) is 0 Å². The zero-order chi connectivity index (χ0) is 21.8. The fraction of sp³-hybridized carbons (Fsp3) is 0.208. The van der Waals surface area contributed by atoms with Gasteiger partial charge in [-0.1, -0.05) is 36.4 Å². The van der Waals surface area contributed by atoms with E-state index in [1.165, 1.54) is 4.31 Å². The summed E-state index contributed by atoms with van der Waals surface area (Å²) in [6.45, 7) is 0.408. The second-order valence-electron chi connectivity index (χ2n) is 7.41. The minimum atomic E-state index is -3.67. The summed E-state index contributed by atoms with van der Waals surface area (Å²) in [5.41, 5.74) is 2.98. The molecular weight excluding hydrogens is 412 g/mol. The molecule has 1 aliphatic rings. The molecule has 1 heterocycles. The fourth-order valence-corrected chi connectivity index (χ4v) is 5.32. The fourth-order valence-electron chi connectivity index (χ4n) is 3.76. The van der Waals surface area contributed by atoms with Crippen molar-refractivity contribution >= 4 is 27.3 Å². The van der Waals surface area contributed by atoms with E-state index in [0.29, 0.717) is 23.7 Å². The summed E-state index contributed by atoms with van der Waals surface area (Å²) in [4.78, 5) is 12.8. The van der Waals surface area contributed by atoms with Gasteiger partial charge in [-0.15, -0.1) is 0 Å². The van der Waals surface area contributed by atoms with Gasteiger partial charge in [-0.05, 0) is 60.4 Å². The van der Waals surface area contributed by atoms with E-state index in [4.69, 9.17) is 4.74 Å². The minimum absolute atomic E-state index is 0.179. The molecule has 0 aromatic heterocycles. The molecule has 160 valence electrons. The third kappa shape index (κ3) is 4.56. The van der Waals surface area contributed by atoms with Gasteiger partial charge < -0.3 is 10.1 Å². The van der Waals surface area contributed by atoms with Crippen molar-refractivity contribution in [2.24, 2.45) is 0 Å². The summed E-state index contributed by atoms with van der Waals surface area (Å²) in [6.07, 6.45) is 1.75. The smallest absolute Gasteiger partial charge is 0.264 e. The van der Waals surface area contributed by atoms with Crippen LogP contribution >= 0.6 is 0 Å². The van der Waals surface area contributed by atoms with E-state index in [2.05, 4.69) is 5.32 Å². The Kier molecular flexibility index (Phi) is 5.95. The molecule has 7 heteroatoms. The van der Waals surface area contributed by atoms with Gasteiger partial charge in [0.25, 0.3) is 10.0 Å². The monoisotopic (exact) mass is 436 g/mol. The number of rotatable bonds is 6. The van der Waals surface area contributed by atoms with E-state index in [9.17, 15) is 13.2 Å². The average Bonchev–Trinajstić information content (AvgIpc) is 2.79. The number of fused-ring (bicyclic) bond motifs is 1. The first-order valence-electron chi connectivity index (χ1n) is 10.1. The third-order valence-electron chi connectivity index (χ3n) is 5.28. The number of hydrogen-bond acceptors (Lipinski definition) is 4. The Labute approximate surface area is 182 Å². The number of carbonyl (C=O) groups is 1. The number of amides is 1. The molecule has 0 saturated heterocycles. The summed E-state index contributed by atoms with van der Waals surface area (Å²) in [5, 5.41) is 2.89. The zero-order valence-electron chi connectivity index (χ0n) is 17.2. The molecule has 0 radical (unpaired) electrons. The molecule has 3 aromatic rings. The quantitative estimate of drug-likeness (QED) is 0.633. The highest BCUT2D eigenvalue weighted by Crippen LogP contribution is 2.34. The lowest BCUT2D eigenvalue weighted by Crippen LogP contribution is -2.35. The Hall–Kier alpha value is -3.32. The molecule has 0 atom stereocenters. The molecule has 0 unspecified atom stereocenters. The maximum absolute atomic E-state index is 13.2. The highest BCUT2D eigenvalue weighted by Gasteiger charge is 2.29. The van der Waals surface area contributed by atoms with Gasteiger partial charge in [0, 0.05) is 12.2 Å². The lowest BCUT2D eigenvalue weighted by atomic mass is 10.0. The first-order chi connectivity index (χ1) is 15.0. The number of sulfonamides is 1. The number of anilines is 2. The molecule has 4 rings (SSSR count). The summed E-state index contributed by atoms with van der Waals surface area (Å²) in [6, 6.07) is 21.2. The van der Waals surface area contributed by atoms with Crippen molar-refractivity contribution in [3.63, 3.8) is 0 Å². The third-order valence-corrected chi connectivity index (χ3v) is 7.10. The van der Waals surface area contributed by atoms with Crippen molar-refractivity contribution in [1.82, 2.24) is 0 Å². The van der Waals surface area contributed by atoms with Crippen molar-refractivity contribution < 1.29 is 17.9 Å². The van der Waals surface area contributed by atoms with Crippen LogP contribution in [0.4, 0.5) is 11.4 Å². The van der Waals surface area contributed by atoms with Crippen molar-refractivity contribution in [2.45, 2.75) is 24.2 Å². The number of aryl methyl sites for hydroxylation is 1. The molecule has 0 bridgehead atoms. The largest absolute Gasteiger partial charge is 0.497 e. The molecule has 1 N–H and O–H groups in total. The highest BCUT2D eigenvalue weighted by molar-refractivity contribution is 7.92. The van der Waals surface area contributed by atoms with Crippen LogP contribution in [0.3, 0.4) is 0 Å². The van der Waals surface area contributed by atoms with Crippen molar-refractivity contribution in [3.05, 3.63) is 83.9 Å². The molecule has 1 aliphatic heterocycles.